The monoisotopic (exact) mass is 436 g/mol. The summed E-state index contributed by atoms with van der Waals surface area (Å²) >= 11 is 1.40. The zero-order valence-electron chi connectivity index (χ0n) is 18.5. The molecule has 0 aliphatic carbocycles. The number of hydrogen-bond acceptors (Lipinski definition) is 5. The Balaban J connectivity index is 1.63. The van der Waals surface area contributed by atoms with Crippen LogP contribution in [0.4, 0.5) is 5.69 Å². The lowest BCUT2D eigenvalue weighted by Gasteiger charge is -2.10. The Kier molecular flexibility index (Phi) is 7.69. The number of amides is 1. The number of hydrogen-bond donors (Lipinski definition) is 1. The first-order valence-electron chi connectivity index (χ1n) is 10.5. The standard InChI is InChI=1S/C25H28N2O3S/c1-5-6-10-30-25(29)19-8-7-9-20(14-19)26-22(28)15-31-23-13-17(3)21-12-16(2)11-18(4)24(21)27-23/h7-9,11-14H,5-6,10,15H2,1-4H3,(H,26,28). The molecule has 0 saturated carbocycles. The number of anilines is 1. The molecule has 0 aliphatic heterocycles. The van der Waals surface area contributed by atoms with E-state index in [1.165, 1.54) is 17.3 Å². The number of carbonyl (C=O) groups excluding carboxylic acids is 2. The third-order valence-corrected chi connectivity index (χ3v) is 5.81. The molecule has 0 bridgehead atoms. The summed E-state index contributed by atoms with van der Waals surface area (Å²) in [5.41, 5.74) is 5.47. The number of nitrogens with zero attached hydrogens (tertiary/aromatic N) is 1. The summed E-state index contributed by atoms with van der Waals surface area (Å²) < 4.78 is 5.23. The lowest BCUT2D eigenvalue weighted by molar-refractivity contribution is -0.113. The van der Waals surface area contributed by atoms with Crippen LogP contribution in [0.3, 0.4) is 0 Å². The number of aryl methyl sites for hydroxylation is 3. The topological polar surface area (TPSA) is 68.3 Å². The molecule has 0 saturated heterocycles. The van der Waals surface area contributed by atoms with Gasteiger partial charge in [0, 0.05) is 11.1 Å². The van der Waals surface area contributed by atoms with Crippen molar-refractivity contribution in [3.05, 3.63) is 64.7 Å². The first kappa shape index (κ1) is 22.8. The Morgan fingerprint density at radius 3 is 2.65 bits per heavy atom. The molecule has 3 rings (SSSR count). The molecule has 31 heavy (non-hydrogen) atoms. The summed E-state index contributed by atoms with van der Waals surface area (Å²) in [4.78, 5) is 29.3. The summed E-state index contributed by atoms with van der Waals surface area (Å²) in [7, 11) is 0. The average molecular weight is 437 g/mol. The molecule has 0 atom stereocenters. The number of rotatable bonds is 8. The number of pyridine rings is 1. The molecule has 1 heterocycles. The molecule has 5 nitrogen and oxygen atoms in total. The Bertz CT molecular complexity index is 1110. The highest BCUT2D eigenvalue weighted by molar-refractivity contribution is 7.99. The maximum atomic E-state index is 12.5. The number of esters is 1. The van der Waals surface area contributed by atoms with Gasteiger partial charge in [-0.05, 0) is 68.7 Å². The molecule has 0 radical (unpaired) electrons. The van der Waals surface area contributed by atoms with Gasteiger partial charge in [0.1, 0.15) is 0 Å². The van der Waals surface area contributed by atoms with E-state index in [-0.39, 0.29) is 17.6 Å². The number of benzene rings is 2. The smallest absolute Gasteiger partial charge is 0.338 e. The van der Waals surface area contributed by atoms with Crippen LogP contribution < -0.4 is 5.32 Å². The van der Waals surface area contributed by atoms with E-state index in [4.69, 9.17) is 9.72 Å². The van der Waals surface area contributed by atoms with Gasteiger partial charge in [0.05, 0.1) is 28.5 Å². The molecule has 0 fully saturated rings. The molecule has 1 N–H and O–H groups in total. The average Bonchev–Trinajstić information content (AvgIpc) is 2.73. The fourth-order valence-electron chi connectivity index (χ4n) is 3.34. The third kappa shape index (κ3) is 6.07. The molecule has 1 aromatic heterocycles. The van der Waals surface area contributed by atoms with Crippen molar-refractivity contribution in [3.63, 3.8) is 0 Å². The lowest BCUT2D eigenvalue weighted by atomic mass is 10.0. The zero-order chi connectivity index (χ0) is 22.4. The normalized spacial score (nSPS) is 10.8. The van der Waals surface area contributed by atoms with Gasteiger partial charge in [0.15, 0.2) is 0 Å². The maximum Gasteiger partial charge on any atom is 0.338 e. The summed E-state index contributed by atoms with van der Waals surface area (Å²) in [6, 6.07) is 13.1. The number of thioether (sulfide) groups is 1. The first-order valence-corrected chi connectivity index (χ1v) is 11.4. The van der Waals surface area contributed by atoms with Crippen molar-refractivity contribution in [1.82, 2.24) is 4.98 Å². The van der Waals surface area contributed by atoms with Gasteiger partial charge in [-0.3, -0.25) is 4.79 Å². The van der Waals surface area contributed by atoms with Crippen LogP contribution in [0.25, 0.3) is 10.9 Å². The molecule has 0 aliphatic rings. The van der Waals surface area contributed by atoms with E-state index in [0.29, 0.717) is 17.9 Å². The number of aromatic nitrogens is 1. The highest BCUT2D eigenvalue weighted by Crippen LogP contribution is 2.27. The number of fused-ring (bicyclic) bond motifs is 1. The minimum Gasteiger partial charge on any atom is -0.462 e. The summed E-state index contributed by atoms with van der Waals surface area (Å²) in [6.07, 6.45) is 1.80. The van der Waals surface area contributed by atoms with Crippen LogP contribution in [0, 0.1) is 20.8 Å². The van der Waals surface area contributed by atoms with Gasteiger partial charge in [-0.25, -0.2) is 9.78 Å². The van der Waals surface area contributed by atoms with Gasteiger partial charge < -0.3 is 10.1 Å². The molecule has 1 amide bonds. The molecular formula is C25H28N2O3S. The van der Waals surface area contributed by atoms with Crippen LogP contribution >= 0.6 is 11.8 Å². The predicted molar refractivity (Wildman–Crippen MR) is 127 cm³/mol. The van der Waals surface area contributed by atoms with Gasteiger partial charge in [-0.15, -0.1) is 0 Å². The first-order chi connectivity index (χ1) is 14.9. The quantitative estimate of drug-likeness (QED) is 0.273. The fraction of sp³-hybridized carbons (Fsp3) is 0.320. The van der Waals surface area contributed by atoms with Gasteiger partial charge in [0.2, 0.25) is 5.91 Å². The van der Waals surface area contributed by atoms with E-state index in [9.17, 15) is 9.59 Å². The van der Waals surface area contributed by atoms with Gasteiger partial charge in [-0.2, -0.15) is 0 Å². The highest BCUT2D eigenvalue weighted by atomic mass is 32.2. The predicted octanol–water partition coefficient (Wildman–Crippen LogP) is 5.85. The molecule has 6 heteroatoms. The molecule has 0 spiro atoms. The molecule has 0 unspecified atom stereocenters. The number of carbonyl (C=O) groups is 2. The summed E-state index contributed by atoms with van der Waals surface area (Å²) in [5, 5.41) is 4.82. The zero-order valence-corrected chi connectivity index (χ0v) is 19.3. The molecule has 3 aromatic rings. The van der Waals surface area contributed by atoms with Crippen molar-refractivity contribution >= 4 is 40.2 Å². The third-order valence-electron chi connectivity index (χ3n) is 4.90. The van der Waals surface area contributed by atoms with E-state index in [1.807, 2.05) is 13.0 Å². The van der Waals surface area contributed by atoms with Crippen LogP contribution in [0.2, 0.25) is 0 Å². The van der Waals surface area contributed by atoms with Crippen LogP contribution in [0.15, 0.2) is 47.5 Å². The second-order valence-corrected chi connectivity index (χ2v) is 8.66. The number of unbranched alkanes of at least 4 members (excludes halogenated alkanes) is 1. The Morgan fingerprint density at radius 2 is 1.87 bits per heavy atom. The minimum atomic E-state index is -0.375. The van der Waals surface area contributed by atoms with Crippen molar-refractivity contribution in [2.45, 2.75) is 45.6 Å². The number of nitrogens with one attached hydrogen (secondary N) is 1. The van der Waals surface area contributed by atoms with E-state index < -0.39 is 0 Å². The second-order valence-electron chi connectivity index (χ2n) is 7.66. The van der Waals surface area contributed by atoms with Gasteiger partial charge in [-0.1, -0.05) is 42.8 Å². The van der Waals surface area contributed by atoms with Crippen molar-refractivity contribution in [3.8, 4) is 0 Å². The summed E-state index contributed by atoms with van der Waals surface area (Å²) in [6.45, 7) is 8.65. The van der Waals surface area contributed by atoms with Crippen molar-refractivity contribution in [1.29, 1.82) is 0 Å². The summed E-state index contributed by atoms with van der Waals surface area (Å²) in [5.74, 6) is -0.296. The Hall–Kier alpha value is -2.86. The van der Waals surface area contributed by atoms with Crippen LogP contribution in [-0.4, -0.2) is 29.2 Å². The van der Waals surface area contributed by atoms with Crippen molar-refractivity contribution < 1.29 is 14.3 Å². The maximum absolute atomic E-state index is 12.5. The van der Waals surface area contributed by atoms with E-state index in [1.54, 1.807) is 24.3 Å². The molecular weight excluding hydrogens is 408 g/mol. The van der Waals surface area contributed by atoms with Gasteiger partial charge in [0.25, 0.3) is 0 Å². The van der Waals surface area contributed by atoms with Gasteiger partial charge >= 0.3 is 5.97 Å². The molecule has 2 aromatic carbocycles. The van der Waals surface area contributed by atoms with E-state index >= 15 is 0 Å². The SMILES string of the molecule is CCCCOC(=O)c1cccc(NC(=O)CSc2cc(C)c3cc(C)cc(C)c3n2)c1. The van der Waals surface area contributed by atoms with Crippen LogP contribution in [0.1, 0.15) is 46.8 Å². The largest absolute Gasteiger partial charge is 0.462 e. The highest BCUT2D eigenvalue weighted by Gasteiger charge is 2.11. The lowest BCUT2D eigenvalue weighted by Crippen LogP contribution is -2.15. The van der Waals surface area contributed by atoms with E-state index in [2.05, 4.69) is 38.2 Å². The van der Waals surface area contributed by atoms with Crippen molar-refractivity contribution in [2.24, 2.45) is 0 Å². The second kappa shape index (κ2) is 10.4. The Labute approximate surface area is 187 Å². The minimum absolute atomic E-state index is 0.151. The fourth-order valence-corrected chi connectivity index (χ4v) is 4.11. The van der Waals surface area contributed by atoms with Crippen LogP contribution in [-0.2, 0) is 9.53 Å². The van der Waals surface area contributed by atoms with Crippen LogP contribution in [0.5, 0.6) is 0 Å². The Morgan fingerprint density at radius 1 is 1.06 bits per heavy atom. The van der Waals surface area contributed by atoms with E-state index in [0.717, 1.165) is 39.9 Å². The van der Waals surface area contributed by atoms with Crippen molar-refractivity contribution in [2.75, 3.05) is 17.7 Å². The number of ether oxygens (including phenoxy) is 1. The molecule has 162 valence electrons.